The van der Waals surface area contributed by atoms with Crippen LogP contribution in [0.25, 0.3) is 0 Å². The van der Waals surface area contributed by atoms with Crippen molar-refractivity contribution in [3.63, 3.8) is 0 Å². The normalized spacial score (nSPS) is 14.7. The Labute approximate surface area is 143 Å². The van der Waals surface area contributed by atoms with Crippen molar-refractivity contribution >= 4 is 23.7 Å². The Bertz CT molecular complexity index is 576. The molecular formula is C17H25NO4S. The maximum atomic E-state index is 12.2. The Kier molecular flexibility index (Phi) is 6.07. The first-order valence-corrected chi connectivity index (χ1v) is 8.44. The summed E-state index contributed by atoms with van der Waals surface area (Å²) >= 11 is 1.51. The summed E-state index contributed by atoms with van der Waals surface area (Å²) in [6, 6.07) is 8.06. The van der Waals surface area contributed by atoms with Crippen LogP contribution in [0.5, 0.6) is 0 Å². The van der Waals surface area contributed by atoms with Gasteiger partial charge in [-0.15, -0.1) is 0 Å². The van der Waals surface area contributed by atoms with E-state index < -0.39 is 23.1 Å². The summed E-state index contributed by atoms with van der Waals surface area (Å²) in [5.41, 5.74) is 4.95. The third kappa shape index (κ3) is 6.23. The molecule has 5 nitrogen and oxygen atoms in total. The predicted octanol–water partition coefficient (Wildman–Crippen LogP) is 2.74. The number of aliphatic carboxylic acids is 1. The van der Waals surface area contributed by atoms with Crippen molar-refractivity contribution < 1.29 is 20.8 Å². The lowest BCUT2D eigenvalue weighted by atomic mass is 9.97. The van der Waals surface area contributed by atoms with E-state index in [-0.39, 0.29) is 13.3 Å². The van der Waals surface area contributed by atoms with E-state index in [0.29, 0.717) is 11.5 Å². The van der Waals surface area contributed by atoms with Crippen LogP contribution in [-0.4, -0.2) is 33.9 Å². The van der Waals surface area contributed by atoms with Crippen LogP contribution < -0.4 is 5.73 Å². The van der Waals surface area contributed by atoms with Gasteiger partial charge in [0.05, 0.1) is 0 Å². The van der Waals surface area contributed by atoms with Gasteiger partial charge in [-0.25, -0.2) is 9.59 Å². The third-order valence-electron chi connectivity index (χ3n) is 3.14. The highest BCUT2D eigenvalue weighted by molar-refractivity contribution is 7.98. The van der Waals surface area contributed by atoms with Crippen LogP contribution in [0.3, 0.4) is 0 Å². The van der Waals surface area contributed by atoms with E-state index in [1.807, 2.05) is 31.2 Å². The van der Waals surface area contributed by atoms with E-state index in [2.05, 4.69) is 0 Å². The van der Waals surface area contributed by atoms with Gasteiger partial charge in [-0.2, -0.15) is 11.8 Å². The molecule has 0 amide bonds. The highest BCUT2D eigenvalue weighted by Crippen LogP contribution is 2.21. The van der Waals surface area contributed by atoms with Gasteiger partial charge >= 0.3 is 11.9 Å². The van der Waals surface area contributed by atoms with Crippen molar-refractivity contribution in [2.45, 2.75) is 51.0 Å². The molecule has 23 heavy (non-hydrogen) atoms. The van der Waals surface area contributed by atoms with E-state index in [0.717, 1.165) is 5.56 Å². The molecule has 1 rings (SSSR count). The minimum Gasteiger partial charge on any atom is -0.479 e. The molecule has 0 aromatic heterocycles. The van der Waals surface area contributed by atoms with Gasteiger partial charge < -0.3 is 15.6 Å². The Hall–Kier alpha value is -1.53. The van der Waals surface area contributed by atoms with E-state index in [1.54, 1.807) is 13.8 Å². The zero-order valence-electron chi connectivity index (χ0n) is 14.8. The fraction of sp³-hybridized carbons (Fsp3) is 0.529. The Balaban J connectivity index is 2.60. The standard InChI is InChI=1S/C17H25NO4S/c1-12-5-7-13(8-6-12)11-23-10-9-17(18,14(19)20)15(21)22-16(2,3)4/h5-8H,9-11,18H2,1-4H3,(H,19,20)/i2D. The Morgan fingerprint density at radius 1 is 1.35 bits per heavy atom. The SMILES string of the molecule is [2H]CC(C)(C)OC(=O)C(N)(CCSCc1ccc(C)cc1)C(=O)O. The van der Waals surface area contributed by atoms with Crippen molar-refractivity contribution in [3.05, 3.63) is 35.4 Å². The van der Waals surface area contributed by atoms with Gasteiger partial charge in [0.25, 0.3) is 0 Å². The van der Waals surface area contributed by atoms with E-state index in [9.17, 15) is 14.7 Å². The van der Waals surface area contributed by atoms with E-state index in [4.69, 9.17) is 11.8 Å². The number of hydrogen-bond donors (Lipinski definition) is 2. The van der Waals surface area contributed by atoms with Crippen LogP contribution in [0.2, 0.25) is 0 Å². The van der Waals surface area contributed by atoms with Gasteiger partial charge in [0.15, 0.2) is 0 Å². The molecule has 0 fully saturated rings. The van der Waals surface area contributed by atoms with Crippen LogP contribution in [-0.2, 0) is 20.1 Å². The smallest absolute Gasteiger partial charge is 0.338 e. The number of carbonyl (C=O) groups excluding carboxylic acids is 1. The number of nitrogens with two attached hydrogens (primary N) is 1. The van der Waals surface area contributed by atoms with E-state index in [1.165, 1.54) is 17.3 Å². The zero-order chi connectivity index (χ0) is 18.4. The number of rotatable bonds is 7. The highest BCUT2D eigenvalue weighted by Gasteiger charge is 2.45. The number of ether oxygens (including phenoxy) is 1. The molecule has 1 unspecified atom stereocenters. The molecule has 3 N–H and O–H groups in total. The topological polar surface area (TPSA) is 89.6 Å². The number of thioether (sulfide) groups is 1. The van der Waals surface area contributed by atoms with Crippen molar-refractivity contribution in [1.82, 2.24) is 0 Å². The van der Waals surface area contributed by atoms with Gasteiger partial charge in [0.2, 0.25) is 5.54 Å². The van der Waals surface area contributed by atoms with Crippen LogP contribution >= 0.6 is 11.8 Å². The number of benzene rings is 1. The molecule has 1 aromatic rings. The first kappa shape index (κ1) is 17.8. The lowest BCUT2D eigenvalue weighted by Gasteiger charge is -2.28. The van der Waals surface area contributed by atoms with Crippen LogP contribution in [0.1, 0.15) is 39.7 Å². The van der Waals surface area contributed by atoms with Crippen molar-refractivity contribution in [2.75, 3.05) is 5.75 Å². The largest absolute Gasteiger partial charge is 0.479 e. The summed E-state index contributed by atoms with van der Waals surface area (Å²) in [6.07, 6.45) is -0.0359. The maximum absolute atomic E-state index is 12.2. The van der Waals surface area contributed by atoms with Gasteiger partial charge in [-0.05, 0) is 45.4 Å². The molecule has 1 aromatic carbocycles. The molecule has 0 saturated carbocycles. The summed E-state index contributed by atoms with van der Waals surface area (Å²) in [6.45, 7) is 4.94. The molecular weight excluding hydrogens is 314 g/mol. The average molecular weight is 340 g/mol. The highest BCUT2D eigenvalue weighted by atomic mass is 32.2. The molecule has 1 atom stereocenters. The summed E-state index contributed by atoms with van der Waals surface area (Å²) in [4.78, 5) is 23.6. The molecule has 0 saturated heterocycles. The second-order valence-electron chi connectivity index (χ2n) is 6.21. The number of hydrogen-bond acceptors (Lipinski definition) is 5. The quantitative estimate of drug-likeness (QED) is 0.451. The average Bonchev–Trinajstić information content (AvgIpc) is 2.52. The molecule has 6 heteroatoms. The predicted molar refractivity (Wildman–Crippen MR) is 92.4 cm³/mol. The van der Waals surface area contributed by atoms with Crippen molar-refractivity contribution in [3.8, 4) is 0 Å². The van der Waals surface area contributed by atoms with Crippen LogP contribution in [0.15, 0.2) is 24.3 Å². The molecule has 0 aliphatic heterocycles. The molecule has 0 bridgehead atoms. The van der Waals surface area contributed by atoms with Crippen LogP contribution in [0.4, 0.5) is 0 Å². The first-order valence-electron chi connectivity index (χ1n) is 8.00. The summed E-state index contributed by atoms with van der Waals surface area (Å²) in [5.74, 6) is -1.29. The molecule has 128 valence electrons. The monoisotopic (exact) mass is 340 g/mol. The fourth-order valence-electron chi connectivity index (χ4n) is 1.75. The molecule has 0 aliphatic rings. The third-order valence-corrected chi connectivity index (χ3v) is 4.18. The van der Waals surface area contributed by atoms with Gasteiger partial charge in [0.1, 0.15) is 5.60 Å². The molecule has 0 aliphatic carbocycles. The summed E-state index contributed by atoms with van der Waals surface area (Å²) in [5, 5.41) is 9.34. The molecule has 0 heterocycles. The number of carbonyl (C=O) groups is 2. The van der Waals surface area contributed by atoms with Gasteiger partial charge in [-0.1, -0.05) is 29.8 Å². The minimum atomic E-state index is -2.09. The minimum absolute atomic E-state index is 0.0359. The second kappa shape index (κ2) is 7.84. The van der Waals surface area contributed by atoms with Gasteiger partial charge in [-0.3, -0.25) is 0 Å². The van der Waals surface area contributed by atoms with Crippen molar-refractivity contribution in [2.24, 2.45) is 5.73 Å². The number of carboxylic acids is 1. The molecule has 0 radical (unpaired) electrons. The Morgan fingerprint density at radius 3 is 2.48 bits per heavy atom. The van der Waals surface area contributed by atoms with E-state index >= 15 is 0 Å². The fourth-order valence-corrected chi connectivity index (χ4v) is 2.78. The number of aryl methyl sites for hydroxylation is 1. The van der Waals surface area contributed by atoms with Crippen molar-refractivity contribution in [1.29, 1.82) is 0 Å². The molecule has 0 spiro atoms. The maximum Gasteiger partial charge on any atom is 0.338 e. The summed E-state index contributed by atoms with van der Waals surface area (Å²) < 4.78 is 12.4. The summed E-state index contributed by atoms with van der Waals surface area (Å²) in [7, 11) is 0. The second-order valence-corrected chi connectivity index (χ2v) is 7.32. The lowest BCUT2D eigenvalue weighted by Crippen LogP contribution is -2.57. The zero-order valence-corrected chi connectivity index (χ0v) is 14.6. The van der Waals surface area contributed by atoms with Crippen LogP contribution in [0, 0.1) is 6.92 Å². The number of esters is 1. The number of carboxylic acid groups (broad SMARTS) is 1. The lowest BCUT2D eigenvalue weighted by molar-refractivity contribution is -0.169. The first-order chi connectivity index (χ1) is 11.1. The Morgan fingerprint density at radius 2 is 1.96 bits per heavy atom. The van der Waals surface area contributed by atoms with Gasteiger partial charge in [0, 0.05) is 7.12 Å².